The Labute approximate surface area is 180 Å². The summed E-state index contributed by atoms with van der Waals surface area (Å²) in [5, 5.41) is 18.7. The van der Waals surface area contributed by atoms with Crippen molar-refractivity contribution in [2.75, 3.05) is 13.2 Å². The van der Waals surface area contributed by atoms with E-state index in [1.54, 1.807) is 0 Å². The lowest BCUT2D eigenvalue weighted by Crippen LogP contribution is -2.31. The Kier molecular flexibility index (Phi) is 6.83. The molecule has 1 atom stereocenters. The molecule has 0 fully saturated rings. The van der Waals surface area contributed by atoms with E-state index in [1.165, 1.54) is 23.5 Å². The van der Waals surface area contributed by atoms with E-state index in [-0.39, 0.29) is 24.0 Å². The number of nitrogens with two attached hydrogens (primary N) is 1. The van der Waals surface area contributed by atoms with Gasteiger partial charge in [-0.25, -0.2) is 4.39 Å². The Morgan fingerprint density at radius 1 is 1.15 bits per heavy atom. The average molecular weight is 538 g/mol. The molecule has 2 aromatic carbocycles. The van der Waals surface area contributed by atoms with Crippen LogP contribution < -0.4 is 10.5 Å². The van der Waals surface area contributed by atoms with Gasteiger partial charge >= 0.3 is 0 Å². The van der Waals surface area contributed by atoms with Crippen LogP contribution in [0.4, 0.5) is 4.39 Å². The van der Waals surface area contributed by atoms with Crippen molar-refractivity contribution in [3.63, 3.8) is 0 Å². The summed E-state index contributed by atoms with van der Waals surface area (Å²) in [4.78, 5) is 0. The fourth-order valence-corrected chi connectivity index (χ4v) is 4.63. The Bertz CT molecular complexity index is 953. The molecule has 0 bridgehead atoms. The molecule has 27 heavy (non-hydrogen) atoms. The molecule has 0 aliphatic rings. The Balaban J connectivity index is 1.89. The molecular weight excluding hydrogens is 525 g/mol. The molecule has 142 valence electrons. The van der Waals surface area contributed by atoms with Crippen molar-refractivity contribution in [3.8, 4) is 26.9 Å². The van der Waals surface area contributed by atoms with Crippen molar-refractivity contribution in [1.29, 1.82) is 0 Å². The maximum absolute atomic E-state index is 14.4. The topological polar surface area (TPSA) is 81.3 Å². The normalized spacial score (nSPS) is 12.2. The van der Waals surface area contributed by atoms with Gasteiger partial charge in [-0.2, -0.15) is 0 Å². The van der Waals surface area contributed by atoms with Gasteiger partial charge in [0.05, 0.1) is 17.7 Å². The summed E-state index contributed by atoms with van der Waals surface area (Å²) < 4.78 is 21.4. The van der Waals surface area contributed by atoms with Crippen molar-refractivity contribution in [3.05, 3.63) is 50.1 Å². The van der Waals surface area contributed by atoms with Gasteiger partial charge in [0.15, 0.2) is 11.6 Å². The number of aliphatic hydroxyl groups excluding tert-OH is 1. The van der Waals surface area contributed by atoms with Gasteiger partial charge < -0.3 is 15.6 Å². The molecule has 1 aromatic heterocycles. The number of halogens is 4. The highest BCUT2D eigenvalue weighted by molar-refractivity contribution is 9.11. The van der Waals surface area contributed by atoms with E-state index in [0.717, 1.165) is 14.5 Å². The second-order valence-electron chi connectivity index (χ2n) is 5.59. The third-order valence-corrected chi connectivity index (χ3v) is 5.71. The lowest BCUT2D eigenvalue weighted by molar-refractivity contribution is 0.202. The highest BCUT2D eigenvalue weighted by atomic mass is 79.9. The number of benzene rings is 2. The zero-order valence-electron chi connectivity index (χ0n) is 13.6. The van der Waals surface area contributed by atoms with Crippen LogP contribution in [0, 0.1) is 5.82 Å². The summed E-state index contributed by atoms with van der Waals surface area (Å²) in [6.07, 6.45) is 0. The number of aliphatic hydroxyl groups is 1. The van der Waals surface area contributed by atoms with Crippen LogP contribution in [0.15, 0.2) is 39.3 Å². The number of aromatic nitrogens is 2. The van der Waals surface area contributed by atoms with Crippen LogP contribution in [0.2, 0.25) is 5.02 Å². The Morgan fingerprint density at radius 2 is 1.81 bits per heavy atom. The van der Waals surface area contributed by atoms with Crippen molar-refractivity contribution in [1.82, 2.24) is 10.2 Å². The highest BCUT2D eigenvalue weighted by Gasteiger charge is 2.17. The van der Waals surface area contributed by atoms with E-state index in [9.17, 15) is 4.39 Å². The number of hydrogen-bond acceptors (Lipinski definition) is 6. The van der Waals surface area contributed by atoms with Gasteiger partial charge in [0.25, 0.3) is 0 Å². The molecule has 0 radical (unpaired) electrons. The molecule has 0 aliphatic heterocycles. The summed E-state index contributed by atoms with van der Waals surface area (Å²) in [5.41, 5.74) is 6.85. The molecule has 5 nitrogen and oxygen atoms in total. The standard InChI is InChI=1S/C17H13Br2ClFN3O2S/c18-9-1-8(2-10(19)3-9)16-23-24-17(27-16)12-4-14(21)15(5-13(12)20)26-7-11(22)6-25/h1-5,11,25H,6-7,22H2/t11-/m1/s1. The number of hydrogen-bond donors (Lipinski definition) is 2. The Hall–Kier alpha value is -1.10. The van der Waals surface area contributed by atoms with Gasteiger partial charge in [0.1, 0.15) is 16.6 Å². The zero-order chi connectivity index (χ0) is 19.6. The molecule has 3 N–H and O–H groups in total. The molecule has 10 heteroatoms. The molecule has 0 saturated heterocycles. The molecule has 3 aromatic rings. The van der Waals surface area contributed by atoms with E-state index >= 15 is 0 Å². The predicted molar refractivity (Wildman–Crippen MR) is 112 cm³/mol. The van der Waals surface area contributed by atoms with Crippen molar-refractivity contribution < 1.29 is 14.2 Å². The zero-order valence-corrected chi connectivity index (χ0v) is 18.4. The first-order chi connectivity index (χ1) is 12.9. The van der Waals surface area contributed by atoms with E-state index in [4.69, 9.17) is 27.2 Å². The molecule has 3 rings (SSSR count). The first-order valence-electron chi connectivity index (χ1n) is 7.66. The maximum Gasteiger partial charge on any atom is 0.165 e. The first kappa shape index (κ1) is 20.6. The van der Waals surface area contributed by atoms with Crippen LogP contribution in [-0.2, 0) is 0 Å². The fourth-order valence-electron chi connectivity index (χ4n) is 2.18. The molecule has 0 spiro atoms. The minimum atomic E-state index is -0.599. The van der Waals surface area contributed by atoms with Crippen molar-refractivity contribution >= 4 is 54.8 Å². The number of rotatable bonds is 6. The number of nitrogens with zero attached hydrogens (tertiary/aromatic N) is 2. The quantitative estimate of drug-likeness (QED) is 0.468. The molecule has 1 heterocycles. The average Bonchev–Trinajstić information content (AvgIpc) is 3.10. The van der Waals surface area contributed by atoms with Gasteiger partial charge in [0.2, 0.25) is 0 Å². The van der Waals surface area contributed by atoms with E-state index < -0.39 is 11.9 Å². The van der Waals surface area contributed by atoms with Crippen LogP contribution in [0.5, 0.6) is 5.75 Å². The lowest BCUT2D eigenvalue weighted by Gasteiger charge is -2.12. The van der Waals surface area contributed by atoms with Crippen molar-refractivity contribution in [2.45, 2.75) is 6.04 Å². The van der Waals surface area contributed by atoms with Gasteiger partial charge in [-0.05, 0) is 24.3 Å². The minimum absolute atomic E-state index is 0.0240. The summed E-state index contributed by atoms with van der Waals surface area (Å²) >= 11 is 14.5. The molecule has 0 saturated carbocycles. The molecule has 0 aliphatic carbocycles. The van der Waals surface area contributed by atoms with E-state index in [2.05, 4.69) is 42.1 Å². The van der Waals surface area contributed by atoms with Gasteiger partial charge in [-0.15, -0.1) is 10.2 Å². The first-order valence-corrected chi connectivity index (χ1v) is 10.4. The lowest BCUT2D eigenvalue weighted by atomic mass is 10.2. The van der Waals surface area contributed by atoms with Gasteiger partial charge in [-0.3, -0.25) is 0 Å². The van der Waals surface area contributed by atoms with E-state index in [0.29, 0.717) is 15.6 Å². The second-order valence-corrected chi connectivity index (χ2v) is 8.80. The maximum atomic E-state index is 14.4. The van der Waals surface area contributed by atoms with Crippen LogP contribution in [0.3, 0.4) is 0 Å². The summed E-state index contributed by atoms with van der Waals surface area (Å²) in [6.45, 7) is -0.281. The summed E-state index contributed by atoms with van der Waals surface area (Å²) in [7, 11) is 0. The molecule has 0 unspecified atom stereocenters. The number of ether oxygens (including phenoxy) is 1. The second kappa shape index (κ2) is 8.93. The van der Waals surface area contributed by atoms with Crippen LogP contribution in [-0.4, -0.2) is 34.6 Å². The SMILES string of the molecule is N[C@H](CO)COc1cc(Cl)c(-c2nnc(-c3cc(Br)cc(Br)c3)s2)cc1F. The van der Waals surface area contributed by atoms with E-state index in [1.807, 2.05) is 18.2 Å². The third kappa shape index (κ3) is 5.04. The Morgan fingerprint density at radius 3 is 2.48 bits per heavy atom. The predicted octanol–water partition coefficient (Wildman–Crippen LogP) is 4.89. The van der Waals surface area contributed by atoms with Gasteiger partial charge in [0, 0.05) is 26.1 Å². The smallest absolute Gasteiger partial charge is 0.165 e. The summed E-state index contributed by atoms with van der Waals surface area (Å²) in [5.74, 6) is -0.630. The summed E-state index contributed by atoms with van der Waals surface area (Å²) in [6, 6.07) is 7.77. The van der Waals surface area contributed by atoms with Crippen LogP contribution in [0.1, 0.15) is 0 Å². The van der Waals surface area contributed by atoms with Gasteiger partial charge in [-0.1, -0.05) is 54.8 Å². The minimum Gasteiger partial charge on any atom is -0.489 e. The third-order valence-electron chi connectivity index (χ3n) is 3.47. The highest BCUT2D eigenvalue weighted by Crippen LogP contribution is 2.38. The van der Waals surface area contributed by atoms with Crippen LogP contribution >= 0.6 is 54.8 Å². The fraction of sp³-hybridized carbons (Fsp3) is 0.176. The molecule has 0 amide bonds. The monoisotopic (exact) mass is 535 g/mol. The van der Waals surface area contributed by atoms with Crippen LogP contribution in [0.25, 0.3) is 21.1 Å². The largest absolute Gasteiger partial charge is 0.489 e. The molecular formula is C17H13Br2ClFN3O2S. The van der Waals surface area contributed by atoms with Crippen molar-refractivity contribution in [2.24, 2.45) is 5.73 Å².